The maximum Gasteiger partial charge on any atom is 0.273 e. The van der Waals surface area contributed by atoms with Gasteiger partial charge < -0.3 is 4.74 Å². The van der Waals surface area contributed by atoms with E-state index in [1.807, 2.05) is 0 Å². The summed E-state index contributed by atoms with van der Waals surface area (Å²) in [6, 6.07) is 12.9. The number of sulfonamides is 1. The molecule has 34 heavy (non-hydrogen) atoms. The van der Waals surface area contributed by atoms with Crippen molar-refractivity contribution in [3.05, 3.63) is 88.2 Å². The van der Waals surface area contributed by atoms with E-state index in [2.05, 4.69) is 15.5 Å². The van der Waals surface area contributed by atoms with Crippen LogP contribution in [-0.2, 0) is 14.8 Å². The zero-order valence-electron chi connectivity index (χ0n) is 18.3. The van der Waals surface area contributed by atoms with Gasteiger partial charge in [-0.05, 0) is 55.0 Å². The predicted molar refractivity (Wildman–Crippen MR) is 125 cm³/mol. The summed E-state index contributed by atoms with van der Waals surface area (Å²) in [5.74, 6) is -0.232. The van der Waals surface area contributed by atoms with Gasteiger partial charge in [-0.25, -0.2) is 13.8 Å². The number of rotatable bonds is 9. The van der Waals surface area contributed by atoms with Gasteiger partial charge in [-0.15, -0.1) is 0 Å². The smallest absolute Gasteiger partial charge is 0.273 e. The Kier molecular flexibility index (Phi) is 7.53. The van der Waals surface area contributed by atoms with Crippen molar-refractivity contribution < 1.29 is 22.9 Å². The monoisotopic (exact) mass is 483 g/mol. The Morgan fingerprint density at radius 2 is 1.85 bits per heavy atom. The lowest BCUT2D eigenvalue weighted by molar-refractivity contribution is -0.385. The molecule has 1 heterocycles. The van der Waals surface area contributed by atoms with Crippen molar-refractivity contribution in [2.24, 2.45) is 5.10 Å². The van der Waals surface area contributed by atoms with Gasteiger partial charge in [0, 0.05) is 24.0 Å². The van der Waals surface area contributed by atoms with Crippen LogP contribution in [0.25, 0.3) is 0 Å². The second-order valence-corrected chi connectivity index (χ2v) is 8.85. The van der Waals surface area contributed by atoms with E-state index in [0.717, 1.165) is 10.4 Å². The molecule has 0 bridgehead atoms. The number of nitrogens with zero attached hydrogens (tertiary/aromatic N) is 4. The fourth-order valence-corrected chi connectivity index (χ4v) is 4.37. The summed E-state index contributed by atoms with van der Waals surface area (Å²) in [5, 5.41) is 15.2. The molecule has 0 aliphatic heterocycles. The number of carbonyl (C=O) groups is 1. The van der Waals surface area contributed by atoms with Crippen molar-refractivity contribution in [2.45, 2.75) is 11.8 Å². The Bertz CT molecular complexity index is 1310. The Labute approximate surface area is 195 Å². The molecule has 0 saturated carbocycles. The molecule has 0 aliphatic rings. The number of nitro benzene ring substituents is 1. The van der Waals surface area contributed by atoms with Crippen molar-refractivity contribution in [1.29, 1.82) is 0 Å². The van der Waals surface area contributed by atoms with E-state index in [4.69, 9.17) is 4.74 Å². The second kappa shape index (κ2) is 10.5. The molecule has 0 radical (unpaired) electrons. The van der Waals surface area contributed by atoms with E-state index < -0.39 is 27.4 Å². The van der Waals surface area contributed by atoms with Crippen LogP contribution in [0.4, 0.5) is 11.4 Å². The van der Waals surface area contributed by atoms with Gasteiger partial charge in [0.25, 0.3) is 21.6 Å². The van der Waals surface area contributed by atoms with Crippen molar-refractivity contribution >= 4 is 33.5 Å². The van der Waals surface area contributed by atoms with Gasteiger partial charge in [0.2, 0.25) is 0 Å². The molecular formula is C22H21N5O6S. The average Bonchev–Trinajstić information content (AvgIpc) is 2.83. The molecule has 3 aromatic rings. The standard InChI is InChI=1S/C22H21N5O6S/c1-16-3-8-20(13-21(16)27(29)30)34(31,32)26(18-4-6-19(33-2)7-5-18)15-22(28)25-24-14-17-9-11-23-12-10-17/h3-14H,15H2,1-2H3,(H,25,28)/b24-14-. The summed E-state index contributed by atoms with van der Waals surface area (Å²) in [5.41, 5.74) is 3.10. The fourth-order valence-electron chi connectivity index (χ4n) is 2.93. The van der Waals surface area contributed by atoms with Gasteiger partial charge in [0.1, 0.15) is 12.3 Å². The number of pyridine rings is 1. The quantitative estimate of drug-likeness (QED) is 0.280. The van der Waals surface area contributed by atoms with Crippen LogP contribution >= 0.6 is 0 Å². The molecule has 3 rings (SSSR count). The Hall–Kier alpha value is -4.32. The normalized spacial score (nSPS) is 11.2. The molecule has 11 nitrogen and oxygen atoms in total. The Balaban J connectivity index is 1.93. The van der Waals surface area contributed by atoms with E-state index in [-0.39, 0.29) is 16.3 Å². The lowest BCUT2D eigenvalue weighted by Crippen LogP contribution is -2.39. The number of methoxy groups -OCH3 is 1. The maximum absolute atomic E-state index is 13.5. The highest BCUT2D eigenvalue weighted by molar-refractivity contribution is 7.92. The van der Waals surface area contributed by atoms with Crippen molar-refractivity contribution in [2.75, 3.05) is 18.0 Å². The van der Waals surface area contributed by atoms with E-state index in [1.165, 1.54) is 56.6 Å². The maximum atomic E-state index is 13.5. The first-order valence-corrected chi connectivity index (χ1v) is 11.3. The lowest BCUT2D eigenvalue weighted by Gasteiger charge is -2.24. The van der Waals surface area contributed by atoms with Crippen molar-refractivity contribution in [3.8, 4) is 5.75 Å². The average molecular weight is 484 g/mol. The first-order chi connectivity index (χ1) is 16.2. The van der Waals surface area contributed by atoms with E-state index in [0.29, 0.717) is 16.9 Å². The number of nitro groups is 1. The van der Waals surface area contributed by atoms with Gasteiger partial charge in [0.05, 0.1) is 28.8 Å². The third-order valence-electron chi connectivity index (χ3n) is 4.72. The molecular weight excluding hydrogens is 462 g/mol. The van der Waals surface area contributed by atoms with Crippen molar-refractivity contribution in [3.63, 3.8) is 0 Å². The summed E-state index contributed by atoms with van der Waals surface area (Å²) in [7, 11) is -2.89. The van der Waals surface area contributed by atoms with E-state index in [1.54, 1.807) is 24.5 Å². The number of amides is 1. The van der Waals surface area contributed by atoms with Gasteiger partial charge >= 0.3 is 0 Å². The molecule has 12 heteroatoms. The number of aromatic nitrogens is 1. The topological polar surface area (TPSA) is 144 Å². The zero-order valence-corrected chi connectivity index (χ0v) is 19.1. The Morgan fingerprint density at radius 1 is 1.18 bits per heavy atom. The van der Waals surface area contributed by atoms with Crippen LogP contribution in [-0.4, -0.2) is 44.1 Å². The number of nitrogens with one attached hydrogen (secondary N) is 1. The summed E-state index contributed by atoms with van der Waals surface area (Å²) < 4.78 is 32.9. The van der Waals surface area contributed by atoms with Crippen LogP contribution in [0.5, 0.6) is 5.75 Å². The molecule has 176 valence electrons. The summed E-state index contributed by atoms with van der Waals surface area (Å²) in [6.45, 7) is 0.883. The van der Waals surface area contributed by atoms with Crippen LogP contribution in [0.15, 0.2) is 77.0 Å². The Morgan fingerprint density at radius 3 is 2.47 bits per heavy atom. The molecule has 0 spiro atoms. The summed E-state index contributed by atoms with van der Waals surface area (Å²) >= 11 is 0. The minimum atomic E-state index is -4.35. The van der Waals surface area contributed by atoms with Crippen molar-refractivity contribution in [1.82, 2.24) is 10.4 Å². The molecule has 0 fully saturated rings. The number of hydrogen-bond acceptors (Lipinski definition) is 8. The molecule has 0 saturated heterocycles. The predicted octanol–water partition coefficient (Wildman–Crippen LogP) is 2.65. The van der Waals surface area contributed by atoms with Gasteiger partial charge in [-0.1, -0.05) is 6.07 Å². The van der Waals surface area contributed by atoms with Gasteiger partial charge in [-0.3, -0.25) is 24.2 Å². The third kappa shape index (κ3) is 5.72. The first kappa shape index (κ1) is 24.3. The zero-order chi connectivity index (χ0) is 24.7. The summed E-state index contributed by atoms with van der Waals surface area (Å²) in [6.07, 6.45) is 4.50. The number of benzene rings is 2. The minimum Gasteiger partial charge on any atom is -0.497 e. The van der Waals surface area contributed by atoms with Crippen LogP contribution in [0.1, 0.15) is 11.1 Å². The van der Waals surface area contributed by atoms with Crippen LogP contribution in [0.3, 0.4) is 0 Å². The molecule has 1 aromatic heterocycles. The molecule has 0 atom stereocenters. The van der Waals surface area contributed by atoms with E-state index in [9.17, 15) is 23.3 Å². The lowest BCUT2D eigenvalue weighted by atomic mass is 10.2. The van der Waals surface area contributed by atoms with Crippen LogP contribution < -0.4 is 14.5 Å². The molecule has 2 aromatic carbocycles. The highest BCUT2D eigenvalue weighted by Gasteiger charge is 2.29. The number of ether oxygens (including phenoxy) is 1. The first-order valence-electron chi connectivity index (χ1n) is 9.86. The number of anilines is 1. The highest BCUT2D eigenvalue weighted by Crippen LogP contribution is 2.28. The number of aryl methyl sites for hydroxylation is 1. The highest BCUT2D eigenvalue weighted by atomic mass is 32.2. The second-order valence-electron chi connectivity index (χ2n) is 6.99. The van der Waals surface area contributed by atoms with E-state index >= 15 is 0 Å². The summed E-state index contributed by atoms with van der Waals surface area (Å²) in [4.78, 5) is 26.8. The fraction of sp³-hybridized carbons (Fsp3) is 0.136. The number of hydrogen-bond donors (Lipinski definition) is 1. The number of carbonyl (C=O) groups excluding carboxylic acids is 1. The molecule has 0 unspecified atom stereocenters. The number of hydrazone groups is 1. The van der Waals surface area contributed by atoms with Gasteiger partial charge in [0.15, 0.2) is 0 Å². The van der Waals surface area contributed by atoms with Crippen LogP contribution in [0.2, 0.25) is 0 Å². The SMILES string of the molecule is COc1ccc(N(CC(=O)N/N=C\c2ccncc2)S(=O)(=O)c2ccc(C)c([N+](=O)[O-])c2)cc1. The largest absolute Gasteiger partial charge is 0.497 e. The molecule has 1 N–H and O–H groups in total. The molecule has 0 aliphatic carbocycles. The van der Waals surface area contributed by atoms with Crippen LogP contribution in [0, 0.1) is 17.0 Å². The third-order valence-corrected chi connectivity index (χ3v) is 6.49. The van der Waals surface area contributed by atoms with Gasteiger partial charge in [-0.2, -0.15) is 5.10 Å². The molecule has 1 amide bonds. The minimum absolute atomic E-state index is 0.164.